The summed E-state index contributed by atoms with van der Waals surface area (Å²) in [6, 6.07) is 36.2. The van der Waals surface area contributed by atoms with E-state index in [1.165, 1.54) is 88.2 Å². The number of unbranched alkanes of at least 4 members (excludes halogenated alkanes) is 6. The minimum absolute atomic E-state index is 0.00128. The van der Waals surface area contributed by atoms with Crippen LogP contribution < -0.4 is 0 Å². The van der Waals surface area contributed by atoms with Crippen LogP contribution >= 0.6 is 0 Å². The Labute approximate surface area is 530 Å². The molecule has 0 saturated carbocycles. The average Bonchev–Trinajstić information content (AvgIpc) is 2.04. The molecule has 0 aliphatic heterocycles. The van der Waals surface area contributed by atoms with Crippen molar-refractivity contribution in [2.24, 2.45) is 0 Å². The molecule has 1 N–H and O–H groups in total. The van der Waals surface area contributed by atoms with E-state index in [2.05, 4.69) is 0 Å². The predicted molar refractivity (Wildman–Crippen MR) is 347 cm³/mol. The molecule has 28 heteroatoms. The topological polar surface area (TPSA) is 262 Å². The second-order valence-electron chi connectivity index (χ2n) is 22.1. The van der Waals surface area contributed by atoms with Gasteiger partial charge in [0.05, 0.1) is 35.9 Å². The Bertz CT molecular complexity index is 4020. The van der Waals surface area contributed by atoms with Crippen molar-refractivity contribution in [2.45, 2.75) is 123 Å². The molecule has 2 radical (unpaired) electrons. The Kier molecular flexibility index (Phi) is 25.7. The van der Waals surface area contributed by atoms with Crippen molar-refractivity contribution in [1.82, 2.24) is 25.7 Å². The highest BCUT2D eigenvalue weighted by atomic mass is 32.2. The quantitative estimate of drug-likeness (QED) is 0.0291. The Hall–Kier alpha value is -5.62. The molecule has 0 spiro atoms. The molecule has 6 rings (SSSR count). The normalized spacial score (nSPS) is 12.8. The lowest BCUT2D eigenvalue weighted by atomic mass is 9.89. The summed E-state index contributed by atoms with van der Waals surface area (Å²) < 4.78 is 176. The minimum Gasteiger partial charge on any atom is -0.437 e. The van der Waals surface area contributed by atoms with Gasteiger partial charge < -0.3 is 5.02 Å². The zero-order valence-corrected chi connectivity index (χ0v) is 56.3. The van der Waals surface area contributed by atoms with Crippen molar-refractivity contribution in [3.8, 4) is 0 Å². The highest BCUT2D eigenvalue weighted by Crippen LogP contribution is 2.26. The molecule has 89 heavy (non-hydrogen) atoms. The number of sulfonamides is 6. The van der Waals surface area contributed by atoms with E-state index in [0.717, 1.165) is 46.2 Å². The van der Waals surface area contributed by atoms with Crippen LogP contribution in [0.15, 0.2) is 175 Å². The summed E-state index contributed by atoms with van der Waals surface area (Å²) in [6.07, 6.45) is 3.81. The van der Waals surface area contributed by atoms with E-state index in [1.54, 1.807) is 107 Å². The predicted octanol–water partition coefficient (Wildman–Crippen LogP) is 8.11. The average molecular weight is 1340 g/mol. The van der Waals surface area contributed by atoms with Gasteiger partial charge in [0.15, 0.2) is 5.81 Å². The molecule has 480 valence electrons. The number of hydrogen-bond acceptors (Lipinski definition) is 14. The maximum atomic E-state index is 14.5. The lowest BCUT2D eigenvalue weighted by molar-refractivity contribution is 0.241. The van der Waals surface area contributed by atoms with Gasteiger partial charge >= 0.3 is 7.05 Å². The number of aryl methyl sites for hydroxylation is 6. The summed E-state index contributed by atoms with van der Waals surface area (Å²) >= 11 is 0. The maximum Gasteiger partial charge on any atom is 0.390 e. The number of benzene rings is 6. The summed E-state index contributed by atoms with van der Waals surface area (Å²) in [4.78, 5) is 12.2. The number of amides is 1. The third-order valence-electron chi connectivity index (χ3n) is 15.2. The number of carbonyl (C=O) groups excluding carboxylic acids is 1. The van der Waals surface area contributed by atoms with Gasteiger partial charge in [-0.3, -0.25) is 4.79 Å². The lowest BCUT2D eigenvalue weighted by Crippen LogP contribution is -2.48. The van der Waals surface area contributed by atoms with Crippen LogP contribution in [-0.4, -0.2) is 167 Å². The molecule has 0 aliphatic carbocycles. The van der Waals surface area contributed by atoms with Crippen molar-refractivity contribution in [3.05, 3.63) is 179 Å². The first-order chi connectivity index (χ1) is 41.8. The molecule has 0 unspecified atom stereocenters. The first kappa shape index (κ1) is 72.4. The van der Waals surface area contributed by atoms with Gasteiger partial charge in [0.2, 0.25) is 58.0 Å². The Balaban J connectivity index is 1.15. The molecule has 0 heterocycles. The van der Waals surface area contributed by atoms with Crippen molar-refractivity contribution in [3.63, 3.8) is 0 Å². The van der Waals surface area contributed by atoms with Gasteiger partial charge in [-0.1, -0.05) is 138 Å². The Morgan fingerprint density at radius 3 is 0.764 bits per heavy atom. The molecule has 0 aromatic heterocycles. The van der Waals surface area contributed by atoms with Gasteiger partial charge in [0.1, 0.15) is 0 Å². The van der Waals surface area contributed by atoms with Crippen LogP contribution in [0.25, 0.3) is 0 Å². The van der Waals surface area contributed by atoms with E-state index in [1.807, 2.05) is 6.92 Å². The van der Waals surface area contributed by atoms with E-state index in [9.17, 15) is 60.3 Å². The Morgan fingerprint density at radius 2 is 0.517 bits per heavy atom. The zero-order valence-electron chi connectivity index (χ0n) is 51.4. The minimum atomic E-state index is -4.54. The van der Waals surface area contributed by atoms with Gasteiger partial charge in [-0.05, 0) is 134 Å². The number of nitrogens with zero attached hydrogens (tertiary/aromatic N) is 6. The van der Waals surface area contributed by atoms with Crippen molar-refractivity contribution >= 4 is 80.8 Å². The molecule has 0 aliphatic rings. The van der Waals surface area contributed by atoms with E-state index in [4.69, 9.17) is 7.85 Å². The fraction of sp³-hybridized carbons (Fsp3) is 0.393. The molecule has 0 fully saturated rings. The second-order valence-corrected chi connectivity index (χ2v) is 33.6. The molecule has 6 aromatic rings. The summed E-state index contributed by atoms with van der Waals surface area (Å²) in [7, 11) is -22.1. The third-order valence-corrected chi connectivity index (χ3v) is 26.6. The van der Waals surface area contributed by atoms with Crippen molar-refractivity contribution < 1.29 is 60.3 Å². The third kappa shape index (κ3) is 19.2. The maximum absolute atomic E-state index is 14.5. The molecule has 20 nitrogen and oxygen atoms in total. The standard InChI is InChI=1S/C61H80B2N6O14S6/c1-49-15-27-55(28-16-49)84(72,73)64(41-43-66(86(76,77)57-31-19-51(3)20-32-57)45-47-68(61(62)70)88(80,81)59-35-23-53(5)24-36-59)39-13-11-9-8-10-12-14-40-65(85(74,75)56-29-17-50(2)18-30-56)42-44-67(87(78,79)58-33-21-52(4)22-34-58)46-48-69(63(7)71)89(82,83)60-37-25-54(6)26-38-60/h15-38,71H,8-14,39-48H2,1-7H3. The van der Waals surface area contributed by atoms with Crippen LogP contribution in [0.1, 0.15) is 78.3 Å². The van der Waals surface area contributed by atoms with E-state index in [0.29, 0.717) is 49.3 Å². The van der Waals surface area contributed by atoms with Gasteiger partial charge in [-0.15, -0.1) is 0 Å². The number of rotatable bonds is 35. The highest BCUT2D eigenvalue weighted by Gasteiger charge is 2.36. The van der Waals surface area contributed by atoms with E-state index < -0.39 is 106 Å². The molecule has 6 aromatic carbocycles. The van der Waals surface area contributed by atoms with E-state index in [-0.39, 0.29) is 62.1 Å². The van der Waals surface area contributed by atoms with Crippen LogP contribution in [-0.2, 0) is 60.1 Å². The summed E-state index contributed by atoms with van der Waals surface area (Å²) in [5, 5.41) is 10.8. The molecule has 0 saturated heterocycles. The van der Waals surface area contributed by atoms with Gasteiger partial charge in [0, 0.05) is 58.9 Å². The van der Waals surface area contributed by atoms with Gasteiger partial charge in [-0.2, -0.15) is 17.2 Å². The van der Waals surface area contributed by atoms with Crippen LogP contribution in [0.4, 0.5) is 4.79 Å². The van der Waals surface area contributed by atoms with Crippen LogP contribution in [0.3, 0.4) is 0 Å². The zero-order chi connectivity index (χ0) is 65.5. The molecule has 0 bridgehead atoms. The van der Waals surface area contributed by atoms with Crippen molar-refractivity contribution in [2.75, 3.05) is 65.4 Å². The fourth-order valence-corrected chi connectivity index (χ4v) is 18.3. The van der Waals surface area contributed by atoms with Crippen LogP contribution in [0.2, 0.25) is 6.82 Å². The smallest absolute Gasteiger partial charge is 0.390 e. The monoisotopic (exact) mass is 1330 g/mol. The van der Waals surface area contributed by atoms with E-state index >= 15 is 0 Å². The molecular formula is C61H80B2N6O14S6. The van der Waals surface area contributed by atoms with Gasteiger partial charge in [0.25, 0.3) is 10.0 Å². The van der Waals surface area contributed by atoms with Crippen molar-refractivity contribution in [1.29, 1.82) is 0 Å². The molecular weight excluding hydrogens is 1250 g/mol. The van der Waals surface area contributed by atoms with Crippen LogP contribution in [0, 0.1) is 41.5 Å². The summed E-state index contributed by atoms with van der Waals surface area (Å²) in [5.41, 5.74) is 4.75. The largest absolute Gasteiger partial charge is 0.437 e. The summed E-state index contributed by atoms with van der Waals surface area (Å²) in [5.74, 6) is -1.34. The van der Waals surface area contributed by atoms with Gasteiger partial charge in [-0.25, -0.2) is 59.0 Å². The molecule has 1 amide bonds. The highest BCUT2D eigenvalue weighted by molar-refractivity contribution is 7.91. The first-order valence-electron chi connectivity index (χ1n) is 29.2. The number of hydrogen-bond donors (Lipinski definition) is 1. The number of carbonyl (C=O) groups is 1. The fourth-order valence-electron chi connectivity index (χ4n) is 9.70. The van der Waals surface area contributed by atoms with Crippen LogP contribution in [0.5, 0.6) is 0 Å². The summed E-state index contributed by atoms with van der Waals surface area (Å²) in [6.45, 7) is 8.35. The molecule has 0 atom stereocenters. The Morgan fingerprint density at radius 1 is 0.315 bits per heavy atom. The second kappa shape index (κ2) is 31.6. The first-order valence-corrected chi connectivity index (χ1v) is 37.9. The lowest BCUT2D eigenvalue weighted by Gasteiger charge is -2.30. The SMILES string of the molecule is [B]C(=O)N(CCN(CCN(CCCCCCCCCN(CCN(CCN(B(C)O)S(=O)(=O)c1ccc(C)cc1)S(=O)(=O)c1ccc(C)cc1)S(=O)(=O)c1ccc(C)cc1)S(=O)(=O)c1ccc(C)cc1)S(=O)(=O)c1ccc(C)cc1)S(=O)(=O)c1ccc(C)cc1.